The molecule has 0 saturated carbocycles. The summed E-state index contributed by atoms with van der Waals surface area (Å²) in [7, 11) is -3.78. The Balaban J connectivity index is 2.30. The molecule has 0 atom stereocenters. The SMILES string of the molecule is O=[N+]([O-])c1ccc(NS(=O)(=O)c2cnc[nH]2)cc1Br. The standard InChI is InChI=1S/C9H7BrN4O4S/c10-7-3-6(1-2-8(7)14(15)16)13-19(17,18)9-4-11-5-12-9/h1-5,13H,(H,11,12). The Labute approximate surface area is 116 Å². The number of sulfonamides is 1. The highest BCUT2D eigenvalue weighted by atomic mass is 79.9. The highest BCUT2D eigenvalue weighted by Gasteiger charge is 2.18. The predicted octanol–water partition coefficient (Wildman–Crippen LogP) is 1.88. The van der Waals surface area contributed by atoms with E-state index in [0.29, 0.717) is 0 Å². The normalized spacial score (nSPS) is 11.2. The fourth-order valence-electron chi connectivity index (χ4n) is 1.32. The molecule has 0 amide bonds. The topological polar surface area (TPSA) is 118 Å². The summed E-state index contributed by atoms with van der Waals surface area (Å²) in [6.45, 7) is 0. The molecule has 0 aliphatic heterocycles. The van der Waals surface area contributed by atoms with Crippen molar-refractivity contribution in [2.24, 2.45) is 0 Å². The molecule has 1 heterocycles. The van der Waals surface area contributed by atoms with E-state index in [9.17, 15) is 18.5 Å². The number of hydrogen-bond donors (Lipinski definition) is 2. The Morgan fingerprint density at radius 3 is 2.68 bits per heavy atom. The van der Waals surface area contributed by atoms with Crippen molar-refractivity contribution < 1.29 is 13.3 Å². The fraction of sp³-hybridized carbons (Fsp3) is 0. The quantitative estimate of drug-likeness (QED) is 0.647. The minimum atomic E-state index is -3.78. The van der Waals surface area contributed by atoms with Crippen LogP contribution >= 0.6 is 15.9 Å². The molecule has 2 rings (SSSR count). The Bertz CT molecular complexity index is 714. The Morgan fingerprint density at radius 2 is 2.16 bits per heavy atom. The van der Waals surface area contributed by atoms with Crippen molar-refractivity contribution in [3.63, 3.8) is 0 Å². The van der Waals surface area contributed by atoms with Crippen LogP contribution in [0.1, 0.15) is 0 Å². The maximum absolute atomic E-state index is 11.9. The number of imidazole rings is 1. The second kappa shape index (κ2) is 4.97. The van der Waals surface area contributed by atoms with Gasteiger partial charge in [0.15, 0.2) is 5.03 Å². The molecule has 0 aliphatic rings. The molecule has 0 saturated heterocycles. The molecule has 0 unspecified atom stereocenters. The number of anilines is 1. The van der Waals surface area contributed by atoms with Crippen LogP contribution in [0.15, 0.2) is 40.2 Å². The Kier molecular flexibility index (Phi) is 3.53. The summed E-state index contributed by atoms with van der Waals surface area (Å²) >= 11 is 3.01. The van der Waals surface area contributed by atoms with E-state index < -0.39 is 14.9 Å². The summed E-state index contributed by atoms with van der Waals surface area (Å²) < 4.78 is 26.2. The van der Waals surface area contributed by atoms with Crippen LogP contribution in [0.4, 0.5) is 11.4 Å². The molecule has 0 fully saturated rings. The van der Waals surface area contributed by atoms with Crippen molar-refractivity contribution in [2.75, 3.05) is 4.72 Å². The summed E-state index contributed by atoms with van der Waals surface area (Å²) in [5.74, 6) is 0. The second-order valence-electron chi connectivity index (χ2n) is 3.44. The van der Waals surface area contributed by atoms with Crippen molar-refractivity contribution in [1.29, 1.82) is 0 Å². The minimum absolute atomic E-state index is 0.0954. The molecule has 19 heavy (non-hydrogen) atoms. The summed E-state index contributed by atoms with van der Waals surface area (Å²) in [4.78, 5) is 16.1. The molecule has 0 bridgehead atoms. The van der Waals surface area contributed by atoms with Gasteiger partial charge in [-0.3, -0.25) is 14.8 Å². The van der Waals surface area contributed by atoms with Crippen molar-refractivity contribution in [1.82, 2.24) is 9.97 Å². The summed E-state index contributed by atoms with van der Waals surface area (Å²) in [6, 6.07) is 3.82. The lowest BCUT2D eigenvalue weighted by Gasteiger charge is -2.06. The smallest absolute Gasteiger partial charge is 0.283 e. The van der Waals surface area contributed by atoms with Crippen molar-refractivity contribution in [2.45, 2.75) is 5.03 Å². The third kappa shape index (κ3) is 2.90. The van der Waals surface area contributed by atoms with Crippen LogP contribution in [0.25, 0.3) is 0 Å². The number of nitro groups is 1. The zero-order chi connectivity index (χ0) is 14.0. The monoisotopic (exact) mass is 346 g/mol. The lowest BCUT2D eigenvalue weighted by Crippen LogP contribution is -2.13. The molecular weight excluding hydrogens is 340 g/mol. The van der Waals surface area contributed by atoms with Crippen LogP contribution in [0.5, 0.6) is 0 Å². The number of halogens is 1. The van der Waals surface area contributed by atoms with Gasteiger partial charge in [0.25, 0.3) is 15.7 Å². The lowest BCUT2D eigenvalue weighted by atomic mass is 10.3. The molecule has 2 N–H and O–H groups in total. The van der Waals surface area contributed by atoms with Crippen LogP contribution in [0, 0.1) is 10.1 Å². The number of aromatic nitrogens is 2. The van der Waals surface area contributed by atoms with Gasteiger partial charge >= 0.3 is 0 Å². The third-order valence-corrected chi connectivity index (χ3v) is 4.10. The molecule has 100 valence electrons. The highest BCUT2D eigenvalue weighted by molar-refractivity contribution is 9.10. The van der Waals surface area contributed by atoms with Gasteiger partial charge in [-0.2, -0.15) is 8.42 Å². The van der Waals surface area contributed by atoms with Crippen LogP contribution in [-0.2, 0) is 10.0 Å². The Morgan fingerprint density at radius 1 is 1.42 bits per heavy atom. The molecule has 0 aliphatic carbocycles. The van der Waals surface area contributed by atoms with E-state index in [1.807, 2.05) is 0 Å². The fourth-order valence-corrected chi connectivity index (χ4v) is 2.80. The van der Waals surface area contributed by atoms with E-state index >= 15 is 0 Å². The molecule has 10 heteroatoms. The highest BCUT2D eigenvalue weighted by Crippen LogP contribution is 2.28. The Hall–Kier alpha value is -1.94. The van der Waals surface area contributed by atoms with Gasteiger partial charge in [0.2, 0.25) is 0 Å². The van der Waals surface area contributed by atoms with Crippen LogP contribution in [0.3, 0.4) is 0 Å². The van der Waals surface area contributed by atoms with Crippen molar-refractivity contribution in [3.8, 4) is 0 Å². The van der Waals surface area contributed by atoms with E-state index in [1.54, 1.807) is 0 Å². The van der Waals surface area contributed by atoms with Gasteiger partial charge < -0.3 is 4.98 Å². The first-order chi connectivity index (χ1) is 8.90. The van der Waals surface area contributed by atoms with Gasteiger partial charge in [-0.05, 0) is 28.1 Å². The van der Waals surface area contributed by atoms with Gasteiger partial charge in [0.1, 0.15) is 0 Å². The van der Waals surface area contributed by atoms with Crippen molar-refractivity contribution in [3.05, 3.63) is 45.3 Å². The number of benzene rings is 1. The third-order valence-electron chi connectivity index (χ3n) is 2.16. The van der Waals surface area contributed by atoms with Crippen LogP contribution < -0.4 is 4.72 Å². The molecule has 0 spiro atoms. The number of nitro benzene ring substituents is 1. The molecule has 8 nitrogen and oxygen atoms in total. The zero-order valence-electron chi connectivity index (χ0n) is 9.20. The minimum Gasteiger partial charge on any atom is -0.334 e. The van der Waals surface area contributed by atoms with Gasteiger partial charge in [0.05, 0.1) is 27.6 Å². The molecule has 0 radical (unpaired) electrons. The number of hydrogen-bond acceptors (Lipinski definition) is 5. The van der Waals surface area contributed by atoms with Crippen molar-refractivity contribution >= 4 is 37.3 Å². The number of aromatic amines is 1. The predicted molar refractivity (Wildman–Crippen MR) is 70.2 cm³/mol. The van der Waals surface area contributed by atoms with E-state index in [2.05, 4.69) is 30.6 Å². The van der Waals surface area contributed by atoms with Crippen LogP contribution in [-0.4, -0.2) is 23.3 Å². The van der Waals surface area contributed by atoms with Gasteiger partial charge in [-0.15, -0.1) is 0 Å². The number of nitrogens with one attached hydrogen (secondary N) is 2. The average molecular weight is 347 g/mol. The largest absolute Gasteiger partial charge is 0.334 e. The number of nitrogens with zero attached hydrogens (tertiary/aromatic N) is 2. The second-order valence-corrected chi connectivity index (χ2v) is 5.95. The number of rotatable bonds is 4. The van der Waals surface area contributed by atoms with Crippen LogP contribution in [0.2, 0.25) is 0 Å². The summed E-state index contributed by atoms with van der Waals surface area (Å²) in [6.07, 6.45) is 2.39. The zero-order valence-corrected chi connectivity index (χ0v) is 11.6. The van der Waals surface area contributed by atoms with E-state index in [4.69, 9.17) is 0 Å². The lowest BCUT2D eigenvalue weighted by molar-refractivity contribution is -0.385. The maximum Gasteiger partial charge on any atom is 0.283 e. The molecular formula is C9H7BrN4O4S. The first-order valence-electron chi connectivity index (χ1n) is 4.85. The average Bonchev–Trinajstić information content (AvgIpc) is 2.81. The van der Waals surface area contributed by atoms with Gasteiger partial charge in [-0.1, -0.05) is 0 Å². The molecule has 1 aromatic carbocycles. The first kappa shape index (κ1) is 13.5. The van der Waals surface area contributed by atoms with E-state index in [0.717, 1.165) is 6.20 Å². The van der Waals surface area contributed by atoms with E-state index in [1.165, 1.54) is 24.5 Å². The van der Waals surface area contributed by atoms with Gasteiger partial charge in [0, 0.05) is 6.07 Å². The van der Waals surface area contributed by atoms with E-state index in [-0.39, 0.29) is 20.9 Å². The van der Waals surface area contributed by atoms with Gasteiger partial charge in [-0.25, -0.2) is 4.98 Å². The molecule has 1 aromatic heterocycles. The molecule has 2 aromatic rings. The summed E-state index contributed by atoms with van der Waals surface area (Å²) in [5.41, 5.74) is 0.0524. The first-order valence-corrected chi connectivity index (χ1v) is 7.13. The maximum atomic E-state index is 11.9. The number of H-pyrrole nitrogens is 1. The summed E-state index contributed by atoms with van der Waals surface area (Å²) in [5, 5.41) is 10.5.